The van der Waals surface area contributed by atoms with Crippen molar-refractivity contribution in [2.24, 2.45) is 0 Å². The van der Waals surface area contributed by atoms with E-state index < -0.39 is 0 Å². The third-order valence-corrected chi connectivity index (χ3v) is 4.34. The number of hydrogen-bond acceptors (Lipinski definition) is 2. The number of amides is 1. The first-order chi connectivity index (χ1) is 10.1. The molecule has 3 heteroatoms. The van der Waals surface area contributed by atoms with E-state index in [1.807, 2.05) is 0 Å². The number of hydrogen-bond donors (Lipinski definition) is 1. The SMILES string of the molecule is CCCN(C(=O)Cc1cc(C)ccc1C)C1CCCNC1. The van der Waals surface area contributed by atoms with Crippen molar-refractivity contribution >= 4 is 5.91 Å². The normalized spacial score (nSPS) is 18.5. The highest BCUT2D eigenvalue weighted by molar-refractivity contribution is 5.79. The van der Waals surface area contributed by atoms with Gasteiger partial charge in [0.15, 0.2) is 0 Å². The Kier molecular flexibility index (Phi) is 5.80. The van der Waals surface area contributed by atoms with E-state index in [1.165, 1.54) is 23.1 Å². The van der Waals surface area contributed by atoms with Crippen LogP contribution >= 0.6 is 0 Å². The van der Waals surface area contributed by atoms with E-state index in [-0.39, 0.29) is 5.91 Å². The lowest BCUT2D eigenvalue weighted by atomic mass is 10.0. The minimum absolute atomic E-state index is 0.277. The highest BCUT2D eigenvalue weighted by Gasteiger charge is 2.24. The van der Waals surface area contributed by atoms with Gasteiger partial charge in [-0.15, -0.1) is 0 Å². The second kappa shape index (κ2) is 7.60. The number of piperidine rings is 1. The molecule has 1 atom stereocenters. The lowest BCUT2D eigenvalue weighted by Crippen LogP contribution is -2.49. The third kappa shape index (κ3) is 4.31. The Hall–Kier alpha value is -1.35. The molecule has 1 N–H and O–H groups in total. The van der Waals surface area contributed by atoms with Crippen LogP contribution in [0.3, 0.4) is 0 Å². The largest absolute Gasteiger partial charge is 0.338 e. The topological polar surface area (TPSA) is 32.3 Å². The number of carbonyl (C=O) groups excluding carboxylic acids is 1. The predicted octanol–water partition coefficient (Wildman–Crippen LogP) is 2.84. The van der Waals surface area contributed by atoms with Crippen LogP contribution in [-0.4, -0.2) is 36.5 Å². The first-order valence-electron chi connectivity index (χ1n) is 8.18. The maximum atomic E-state index is 12.8. The minimum atomic E-state index is 0.277. The number of nitrogens with zero attached hydrogens (tertiary/aromatic N) is 1. The van der Waals surface area contributed by atoms with Crippen molar-refractivity contribution in [2.75, 3.05) is 19.6 Å². The van der Waals surface area contributed by atoms with Crippen molar-refractivity contribution in [2.45, 2.75) is 52.5 Å². The van der Waals surface area contributed by atoms with Gasteiger partial charge in [0.25, 0.3) is 0 Å². The molecule has 1 aliphatic rings. The van der Waals surface area contributed by atoms with E-state index in [9.17, 15) is 4.79 Å². The predicted molar refractivity (Wildman–Crippen MR) is 87.5 cm³/mol. The molecule has 0 spiro atoms. The van der Waals surface area contributed by atoms with Crippen molar-refractivity contribution < 1.29 is 4.79 Å². The van der Waals surface area contributed by atoms with Crippen molar-refractivity contribution in [3.8, 4) is 0 Å². The molecule has 1 fully saturated rings. The highest BCUT2D eigenvalue weighted by Crippen LogP contribution is 2.16. The molecule has 1 unspecified atom stereocenters. The Morgan fingerprint density at radius 1 is 1.38 bits per heavy atom. The van der Waals surface area contributed by atoms with Crippen LogP contribution in [0.15, 0.2) is 18.2 Å². The van der Waals surface area contributed by atoms with Gasteiger partial charge in [-0.3, -0.25) is 4.79 Å². The molecule has 1 aromatic rings. The Bertz CT molecular complexity index is 478. The van der Waals surface area contributed by atoms with Gasteiger partial charge in [0.2, 0.25) is 5.91 Å². The van der Waals surface area contributed by atoms with Crippen LogP contribution < -0.4 is 5.32 Å². The smallest absolute Gasteiger partial charge is 0.227 e. The quantitative estimate of drug-likeness (QED) is 0.903. The first kappa shape index (κ1) is 16.0. The molecule has 1 heterocycles. The molecule has 116 valence electrons. The van der Waals surface area contributed by atoms with Crippen LogP contribution in [-0.2, 0) is 11.2 Å². The summed E-state index contributed by atoms with van der Waals surface area (Å²) in [5.74, 6) is 0.277. The molecule has 3 nitrogen and oxygen atoms in total. The summed E-state index contributed by atoms with van der Waals surface area (Å²) in [6, 6.07) is 6.75. The molecule has 0 bridgehead atoms. The molecule has 2 rings (SSSR count). The summed E-state index contributed by atoms with van der Waals surface area (Å²) in [5.41, 5.74) is 3.61. The molecule has 1 saturated heterocycles. The zero-order valence-electron chi connectivity index (χ0n) is 13.6. The molecule has 0 aromatic heterocycles. The van der Waals surface area contributed by atoms with Crippen LogP contribution in [0.25, 0.3) is 0 Å². The lowest BCUT2D eigenvalue weighted by molar-refractivity contribution is -0.133. The number of aryl methyl sites for hydroxylation is 2. The van der Waals surface area contributed by atoms with Gasteiger partial charge in [0.05, 0.1) is 6.42 Å². The van der Waals surface area contributed by atoms with E-state index in [0.29, 0.717) is 12.5 Å². The zero-order chi connectivity index (χ0) is 15.2. The molecule has 1 aromatic carbocycles. The average molecular weight is 288 g/mol. The van der Waals surface area contributed by atoms with E-state index in [0.717, 1.165) is 32.5 Å². The van der Waals surface area contributed by atoms with E-state index in [4.69, 9.17) is 0 Å². The highest BCUT2D eigenvalue weighted by atomic mass is 16.2. The van der Waals surface area contributed by atoms with Gasteiger partial charge in [0, 0.05) is 19.1 Å². The van der Waals surface area contributed by atoms with E-state index in [2.05, 4.69) is 49.2 Å². The van der Waals surface area contributed by atoms with E-state index in [1.54, 1.807) is 0 Å². The standard InChI is InChI=1S/C18H28N2O/c1-4-10-20(17-6-5-9-19-13-17)18(21)12-16-11-14(2)7-8-15(16)3/h7-8,11,17,19H,4-6,9-10,12-13H2,1-3H3. The Morgan fingerprint density at radius 2 is 2.19 bits per heavy atom. The second-order valence-electron chi connectivity index (χ2n) is 6.19. The van der Waals surface area contributed by atoms with Crippen molar-refractivity contribution in [1.82, 2.24) is 10.2 Å². The van der Waals surface area contributed by atoms with Gasteiger partial charge in [-0.2, -0.15) is 0 Å². The average Bonchev–Trinajstić information content (AvgIpc) is 2.49. The third-order valence-electron chi connectivity index (χ3n) is 4.34. The van der Waals surface area contributed by atoms with Gasteiger partial charge >= 0.3 is 0 Å². The van der Waals surface area contributed by atoms with Crippen LogP contribution in [0.4, 0.5) is 0 Å². The Balaban J connectivity index is 2.08. The van der Waals surface area contributed by atoms with E-state index >= 15 is 0 Å². The van der Waals surface area contributed by atoms with Gasteiger partial charge in [0.1, 0.15) is 0 Å². The Morgan fingerprint density at radius 3 is 2.86 bits per heavy atom. The Labute approximate surface area is 128 Å². The summed E-state index contributed by atoms with van der Waals surface area (Å²) in [4.78, 5) is 14.9. The second-order valence-corrected chi connectivity index (χ2v) is 6.19. The first-order valence-corrected chi connectivity index (χ1v) is 8.18. The monoisotopic (exact) mass is 288 g/mol. The van der Waals surface area contributed by atoms with Gasteiger partial charge in [-0.1, -0.05) is 30.7 Å². The summed E-state index contributed by atoms with van der Waals surface area (Å²) in [5, 5.41) is 3.42. The molecule has 1 aliphatic heterocycles. The minimum Gasteiger partial charge on any atom is -0.338 e. The fourth-order valence-electron chi connectivity index (χ4n) is 3.11. The maximum absolute atomic E-state index is 12.8. The molecule has 21 heavy (non-hydrogen) atoms. The zero-order valence-corrected chi connectivity index (χ0v) is 13.6. The fourth-order valence-corrected chi connectivity index (χ4v) is 3.11. The summed E-state index contributed by atoms with van der Waals surface area (Å²) in [6.45, 7) is 9.22. The molecule has 0 aliphatic carbocycles. The number of carbonyl (C=O) groups is 1. The molecule has 0 radical (unpaired) electrons. The summed E-state index contributed by atoms with van der Waals surface area (Å²) >= 11 is 0. The number of benzene rings is 1. The summed E-state index contributed by atoms with van der Waals surface area (Å²) in [6.07, 6.45) is 3.85. The van der Waals surface area contributed by atoms with Crippen molar-refractivity contribution in [3.05, 3.63) is 34.9 Å². The van der Waals surface area contributed by atoms with Crippen LogP contribution in [0.5, 0.6) is 0 Å². The fraction of sp³-hybridized carbons (Fsp3) is 0.611. The molecular formula is C18H28N2O. The molecule has 1 amide bonds. The summed E-state index contributed by atoms with van der Waals surface area (Å²) < 4.78 is 0. The van der Waals surface area contributed by atoms with Crippen LogP contribution in [0.2, 0.25) is 0 Å². The van der Waals surface area contributed by atoms with Gasteiger partial charge < -0.3 is 10.2 Å². The summed E-state index contributed by atoms with van der Waals surface area (Å²) in [7, 11) is 0. The van der Waals surface area contributed by atoms with Gasteiger partial charge in [-0.25, -0.2) is 0 Å². The van der Waals surface area contributed by atoms with Gasteiger partial charge in [-0.05, 0) is 50.8 Å². The molecular weight excluding hydrogens is 260 g/mol. The molecule has 0 saturated carbocycles. The maximum Gasteiger partial charge on any atom is 0.227 e. The van der Waals surface area contributed by atoms with Crippen LogP contribution in [0.1, 0.15) is 42.9 Å². The lowest BCUT2D eigenvalue weighted by Gasteiger charge is -2.35. The number of rotatable bonds is 5. The van der Waals surface area contributed by atoms with Crippen LogP contribution in [0, 0.1) is 13.8 Å². The number of nitrogens with one attached hydrogen (secondary N) is 1. The van der Waals surface area contributed by atoms with Crippen molar-refractivity contribution in [3.63, 3.8) is 0 Å². The van der Waals surface area contributed by atoms with Crippen molar-refractivity contribution in [1.29, 1.82) is 0 Å².